The summed E-state index contributed by atoms with van der Waals surface area (Å²) in [4.78, 5) is 14.9. The van der Waals surface area contributed by atoms with Crippen molar-refractivity contribution in [1.82, 2.24) is 19.5 Å². The van der Waals surface area contributed by atoms with Crippen LogP contribution >= 0.6 is 0 Å². The highest BCUT2D eigenvalue weighted by atomic mass is 16.6. The quantitative estimate of drug-likeness (QED) is 0.192. The zero-order valence-corrected chi connectivity index (χ0v) is 33.2. The third-order valence-electron chi connectivity index (χ3n) is 11.1. The average Bonchev–Trinajstić information content (AvgIpc) is 4.13. The minimum absolute atomic E-state index is 0.382. The number of fused-ring (bicyclic) bond motifs is 7. The van der Waals surface area contributed by atoms with Gasteiger partial charge in [-0.05, 0) is 71.3 Å². The number of para-hydroxylation sites is 1. The van der Waals surface area contributed by atoms with Gasteiger partial charge in [-0.1, -0.05) is 109 Å². The van der Waals surface area contributed by atoms with Crippen LogP contribution in [0, 0.1) is 0 Å². The number of benzene rings is 4. The number of aromatic amines is 1. The Balaban J connectivity index is 1.38. The van der Waals surface area contributed by atoms with Gasteiger partial charge in [0.1, 0.15) is 12.4 Å². The molecule has 60 heavy (non-hydrogen) atoms. The average molecular weight is 789 g/mol. The smallest absolute Gasteiger partial charge is 0.127 e. The fourth-order valence-corrected chi connectivity index (χ4v) is 8.35. The summed E-state index contributed by atoms with van der Waals surface area (Å²) in [6, 6.07) is 48.5. The molecule has 3 aromatic heterocycles. The standard InChI is InChI=1S/C52H44N4O4/c1-4-12-36(13-5-1)49-40-20-22-42(53-40)50(37-14-6-2-7-15-37)46-26-27-47-51(38-16-8-3-9-17-38)43-23-25-45(55-43)52(44-24-21-41(49)54-44)39-18-10-11-19-48(39)60-35-34-59-33-32-58-31-30-57-29-28-56(46)47/h1-27,54H,28-35H2. The molecule has 3 aliphatic heterocycles. The molecule has 0 fully saturated rings. The van der Waals surface area contributed by atoms with E-state index in [2.05, 4.69) is 149 Å². The number of hydrogen-bond donors (Lipinski definition) is 1. The van der Waals surface area contributed by atoms with E-state index in [0.29, 0.717) is 52.8 Å². The van der Waals surface area contributed by atoms with Gasteiger partial charge in [0.2, 0.25) is 0 Å². The first kappa shape index (κ1) is 37.4. The molecule has 0 atom stereocenters. The van der Waals surface area contributed by atoms with E-state index in [1.54, 1.807) is 0 Å². The molecule has 1 N–H and O–H groups in total. The molecule has 296 valence electrons. The van der Waals surface area contributed by atoms with Crippen molar-refractivity contribution in [3.8, 4) is 50.3 Å². The number of aromatic nitrogens is 4. The highest BCUT2D eigenvalue weighted by Gasteiger charge is 2.22. The first-order chi connectivity index (χ1) is 29.8. The second kappa shape index (κ2) is 17.2. The van der Waals surface area contributed by atoms with Crippen LogP contribution in [0.2, 0.25) is 0 Å². The number of nitrogens with zero attached hydrogens (tertiary/aromatic N) is 3. The summed E-state index contributed by atoms with van der Waals surface area (Å²) < 4.78 is 26.9. The van der Waals surface area contributed by atoms with Gasteiger partial charge in [0.05, 0.1) is 73.5 Å². The molecular formula is C52H44N4O4. The van der Waals surface area contributed by atoms with Gasteiger partial charge >= 0.3 is 0 Å². The van der Waals surface area contributed by atoms with E-state index in [1.807, 2.05) is 24.3 Å². The first-order valence-corrected chi connectivity index (χ1v) is 20.6. The van der Waals surface area contributed by atoms with Gasteiger partial charge in [-0.15, -0.1) is 0 Å². The lowest BCUT2D eigenvalue weighted by atomic mass is 10.0. The van der Waals surface area contributed by atoms with Crippen LogP contribution in [-0.4, -0.2) is 65.8 Å². The Hall–Kier alpha value is -6.84. The topological polar surface area (TPSA) is 83.4 Å². The zero-order chi connectivity index (χ0) is 40.1. The summed E-state index contributed by atoms with van der Waals surface area (Å²) >= 11 is 0. The molecule has 4 aromatic carbocycles. The molecule has 10 rings (SSSR count). The molecule has 0 amide bonds. The van der Waals surface area contributed by atoms with Crippen molar-refractivity contribution >= 4 is 46.4 Å². The maximum Gasteiger partial charge on any atom is 0.127 e. The molecule has 10 bridgehead atoms. The maximum absolute atomic E-state index is 6.49. The van der Waals surface area contributed by atoms with Crippen molar-refractivity contribution in [3.05, 3.63) is 162 Å². The van der Waals surface area contributed by atoms with Gasteiger partial charge in [0.15, 0.2) is 0 Å². The molecule has 0 radical (unpaired) electrons. The monoisotopic (exact) mass is 788 g/mol. The van der Waals surface area contributed by atoms with E-state index in [0.717, 1.165) is 95.1 Å². The summed E-state index contributed by atoms with van der Waals surface area (Å²) in [6.45, 7) is 3.76. The first-order valence-electron chi connectivity index (χ1n) is 20.6. The van der Waals surface area contributed by atoms with Crippen molar-refractivity contribution in [2.45, 2.75) is 6.54 Å². The summed E-state index contributed by atoms with van der Waals surface area (Å²) in [5.74, 6) is 0.745. The van der Waals surface area contributed by atoms with E-state index in [9.17, 15) is 0 Å². The summed E-state index contributed by atoms with van der Waals surface area (Å²) in [5.41, 5.74) is 15.4. The van der Waals surface area contributed by atoms with Crippen LogP contribution in [0.15, 0.2) is 140 Å². The number of H-pyrrole nitrogens is 1. The van der Waals surface area contributed by atoms with E-state index >= 15 is 0 Å². The SMILES string of the molecule is C1=Cc2nc1c(-c1ccccc1)c1ccc([nH]1)c1c3nc(c(-c4ccccc4)c4ccc(c2-c2ccccc2)n4CCOCCOCCOCCOc2ccccc2-1)C=C3. The highest BCUT2D eigenvalue weighted by molar-refractivity contribution is 6.00. The second-order valence-electron chi connectivity index (χ2n) is 14.8. The Bertz CT molecular complexity index is 2880. The lowest BCUT2D eigenvalue weighted by molar-refractivity contribution is 0.00843. The molecule has 0 saturated heterocycles. The minimum atomic E-state index is 0.382. The zero-order valence-electron chi connectivity index (χ0n) is 33.2. The molecule has 0 saturated carbocycles. The van der Waals surface area contributed by atoms with Crippen molar-refractivity contribution in [2.75, 3.05) is 46.2 Å². The molecule has 8 heteroatoms. The minimum Gasteiger partial charge on any atom is -0.491 e. The van der Waals surface area contributed by atoms with E-state index < -0.39 is 0 Å². The van der Waals surface area contributed by atoms with Crippen molar-refractivity contribution in [2.24, 2.45) is 0 Å². The van der Waals surface area contributed by atoms with Crippen LogP contribution < -0.4 is 4.74 Å². The lowest BCUT2D eigenvalue weighted by Gasteiger charge is -2.14. The molecule has 3 aliphatic rings. The van der Waals surface area contributed by atoms with Crippen LogP contribution in [0.4, 0.5) is 0 Å². The van der Waals surface area contributed by atoms with Gasteiger partial charge in [-0.25, -0.2) is 9.97 Å². The largest absolute Gasteiger partial charge is 0.491 e. The molecule has 0 spiro atoms. The predicted molar refractivity (Wildman–Crippen MR) is 242 cm³/mol. The number of ether oxygens (including phenoxy) is 4. The van der Waals surface area contributed by atoms with Crippen molar-refractivity contribution in [3.63, 3.8) is 0 Å². The van der Waals surface area contributed by atoms with Crippen LogP contribution in [0.25, 0.3) is 90.9 Å². The molecule has 0 unspecified atom stereocenters. The summed E-state index contributed by atoms with van der Waals surface area (Å²) in [7, 11) is 0. The van der Waals surface area contributed by atoms with Gasteiger partial charge in [0, 0.05) is 45.4 Å². The van der Waals surface area contributed by atoms with E-state index in [1.165, 1.54) is 0 Å². The summed E-state index contributed by atoms with van der Waals surface area (Å²) in [6.07, 6.45) is 8.56. The highest BCUT2D eigenvalue weighted by Crippen LogP contribution is 2.41. The Labute approximate surface area is 349 Å². The van der Waals surface area contributed by atoms with Gasteiger partial charge in [0.25, 0.3) is 0 Å². The Morgan fingerprint density at radius 2 is 0.833 bits per heavy atom. The third-order valence-corrected chi connectivity index (χ3v) is 11.1. The number of rotatable bonds is 3. The lowest BCUT2D eigenvalue weighted by Crippen LogP contribution is -2.14. The van der Waals surface area contributed by atoms with Crippen molar-refractivity contribution < 1.29 is 18.9 Å². The fourth-order valence-electron chi connectivity index (χ4n) is 8.35. The number of hydrogen-bond acceptors (Lipinski definition) is 6. The molecule has 0 aliphatic carbocycles. The molecule has 8 nitrogen and oxygen atoms in total. The summed E-state index contributed by atoms with van der Waals surface area (Å²) in [5, 5.41) is 0. The Kier molecular flexibility index (Phi) is 10.7. The molecule has 7 aromatic rings. The Morgan fingerprint density at radius 3 is 1.40 bits per heavy atom. The van der Waals surface area contributed by atoms with Crippen LogP contribution in [0.1, 0.15) is 22.8 Å². The Morgan fingerprint density at radius 1 is 0.400 bits per heavy atom. The normalized spacial score (nSPS) is 14.6. The van der Waals surface area contributed by atoms with E-state index in [-0.39, 0.29) is 0 Å². The van der Waals surface area contributed by atoms with Gasteiger partial charge in [-0.3, -0.25) is 0 Å². The van der Waals surface area contributed by atoms with Crippen LogP contribution in [0.3, 0.4) is 0 Å². The van der Waals surface area contributed by atoms with Gasteiger partial charge < -0.3 is 28.5 Å². The van der Waals surface area contributed by atoms with Crippen molar-refractivity contribution in [1.29, 1.82) is 0 Å². The maximum atomic E-state index is 6.49. The van der Waals surface area contributed by atoms with Crippen LogP contribution in [0.5, 0.6) is 5.75 Å². The number of nitrogens with one attached hydrogen (secondary N) is 1. The predicted octanol–water partition coefficient (Wildman–Crippen LogP) is 11.2. The molecule has 6 heterocycles. The van der Waals surface area contributed by atoms with Gasteiger partial charge in [-0.2, -0.15) is 0 Å². The third kappa shape index (κ3) is 7.48. The van der Waals surface area contributed by atoms with E-state index in [4.69, 9.17) is 28.9 Å². The van der Waals surface area contributed by atoms with Crippen LogP contribution in [-0.2, 0) is 20.8 Å². The second-order valence-corrected chi connectivity index (χ2v) is 14.8. The molecular weight excluding hydrogens is 745 g/mol. The fraction of sp³-hybridized carbons (Fsp3) is 0.154.